The Hall–Kier alpha value is -2.21. The zero-order valence-electron chi connectivity index (χ0n) is 14.4. The molecule has 2 aromatic carbocycles. The predicted molar refractivity (Wildman–Crippen MR) is 104 cm³/mol. The van der Waals surface area contributed by atoms with Crippen LogP contribution in [-0.2, 0) is 13.2 Å². The molecule has 0 radical (unpaired) electrons. The number of ether oxygens (including phenoxy) is 1. The largest absolute Gasteiger partial charge is 0.489 e. The molecule has 25 heavy (non-hydrogen) atoms. The van der Waals surface area contributed by atoms with Gasteiger partial charge in [-0.25, -0.2) is 0 Å². The van der Waals surface area contributed by atoms with Crippen LogP contribution < -0.4 is 10.5 Å². The zero-order valence-corrected chi connectivity index (χ0v) is 15.2. The topological polar surface area (TPSA) is 51.4 Å². The fraction of sp³-hybridized carbons (Fsp3) is 0.250. The van der Waals surface area contributed by atoms with Gasteiger partial charge in [0.15, 0.2) is 0 Å². The monoisotopic (exact) mass is 353 g/mol. The van der Waals surface area contributed by atoms with E-state index in [0.29, 0.717) is 13.2 Å². The first-order valence-electron chi connectivity index (χ1n) is 8.33. The zero-order chi connectivity index (χ0) is 17.5. The van der Waals surface area contributed by atoms with Gasteiger partial charge in [-0.15, -0.1) is 11.3 Å². The lowest BCUT2D eigenvalue weighted by molar-refractivity contribution is 0.287. The standard InChI is InChI=1S/C20H23N3OS/c1-23(11-10-21)13-18-4-2-3-5-19(18)24-14-16-6-8-17(9-7-16)20-12-22-15-25-20/h2-9,12,15H,10-11,13-14,21H2,1H3. The number of hydrogen-bond acceptors (Lipinski definition) is 5. The molecule has 4 nitrogen and oxygen atoms in total. The van der Waals surface area contributed by atoms with E-state index in [1.54, 1.807) is 11.3 Å². The normalized spacial score (nSPS) is 11.0. The minimum atomic E-state index is 0.556. The van der Waals surface area contributed by atoms with Gasteiger partial charge in [0, 0.05) is 31.4 Å². The first kappa shape index (κ1) is 17.6. The van der Waals surface area contributed by atoms with Crippen LogP contribution in [0.25, 0.3) is 10.4 Å². The summed E-state index contributed by atoms with van der Waals surface area (Å²) < 4.78 is 6.07. The van der Waals surface area contributed by atoms with E-state index in [9.17, 15) is 0 Å². The molecule has 0 aliphatic rings. The maximum Gasteiger partial charge on any atom is 0.124 e. The van der Waals surface area contributed by atoms with Crippen LogP contribution in [0, 0.1) is 0 Å². The van der Waals surface area contributed by atoms with Gasteiger partial charge in [-0.05, 0) is 24.2 Å². The highest BCUT2D eigenvalue weighted by Crippen LogP contribution is 2.24. The van der Waals surface area contributed by atoms with Crippen LogP contribution >= 0.6 is 11.3 Å². The SMILES string of the molecule is CN(CCN)Cc1ccccc1OCc1ccc(-c2cncs2)cc1. The van der Waals surface area contributed by atoms with Crippen molar-refractivity contribution >= 4 is 11.3 Å². The third-order valence-corrected chi connectivity index (χ3v) is 4.81. The molecule has 1 heterocycles. The molecule has 2 N–H and O–H groups in total. The lowest BCUT2D eigenvalue weighted by Crippen LogP contribution is -2.25. The Morgan fingerprint density at radius 2 is 1.92 bits per heavy atom. The Morgan fingerprint density at radius 3 is 2.64 bits per heavy atom. The van der Waals surface area contributed by atoms with Crippen LogP contribution in [0.15, 0.2) is 60.2 Å². The number of likely N-dealkylation sites (N-methyl/N-ethyl adjacent to an activating group) is 1. The molecule has 0 bridgehead atoms. The molecule has 5 heteroatoms. The van der Waals surface area contributed by atoms with Crippen molar-refractivity contribution in [3.05, 3.63) is 71.4 Å². The molecule has 0 aliphatic carbocycles. The van der Waals surface area contributed by atoms with E-state index < -0.39 is 0 Å². The van der Waals surface area contributed by atoms with Crippen molar-refractivity contribution in [1.82, 2.24) is 9.88 Å². The number of aromatic nitrogens is 1. The van der Waals surface area contributed by atoms with E-state index in [1.807, 2.05) is 29.9 Å². The van der Waals surface area contributed by atoms with Crippen LogP contribution in [0.5, 0.6) is 5.75 Å². The molecule has 0 saturated carbocycles. The summed E-state index contributed by atoms with van der Waals surface area (Å²) in [6.07, 6.45) is 1.89. The Bertz CT molecular complexity index is 772. The molecule has 0 aliphatic heterocycles. The first-order chi connectivity index (χ1) is 12.3. The molecule has 0 saturated heterocycles. The van der Waals surface area contributed by atoms with Crippen molar-refractivity contribution in [2.45, 2.75) is 13.2 Å². The van der Waals surface area contributed by atoms with Crippen LogP contribution in [0.1, 0.15) is 11.1 Å². The highest BCUT2D eigenvalue weighted by atomic mass is 32.1. The Kier molecular flexibility index (Phi) is 6.17. The highest BCUT2D eigenvalue weighted by molar-refractivity contribution is 7.13. The minimum Gasteiger partial charge on any atom is -0.489 e. The number of para-hydroxylation sites is 1. The molecular weight excluding hydrogens is 330 g/mol. The first-order valence-corrected chi connectivity index (χ1v) is 9.21. The van der Waals surface area contributed by atoms with Crippen molar-refractivity contribution < 1.29 is 4.74 Å². The molecule has 0 unspecified atom stereocenters. The maximum absolute atomic E-state index is 6.07. The fourth-order valence-electron chi connectivity index (χ4n) is 2.65. The number of nitrogens with two attached hydrogens (primary N) is 1. The van der Waals surface area contributed by atoms with Crippen LogP contribution in [0.4, 0.5) is 0 Å². The van der Waals surface area contributed by atoms with Gasteiger partial charge in [-0.3, -0.25) is 4.98 Å². The van der Waals surface area contributed by atoms with Gasteiger partial charge in [0.05, 0.1) is 10.4 Å². The highest BCUT2D eigenvalue weighted by Gasteiger charge is 2.07. The Balaban J connectivity index is 1.63. The average Bonchev–Trinajstić information content (AvgIpc) is 3.16. The summed E-state index contributed by atoms with van der Waals surface area (Å²) in [7, 11) is 2.07. The fourth-order valence-corrected chi connectivity index (χ4v) is 3.28. The summed E-state index contributed by atoms with van der Waals surface area (Å²) >= 11 is 1.65. The Morgan fingerprint density at radius 1 is 1.12 bits per heavy atom. The quantitative estimate of drug-likeness (QED) is 0.670. The lowest BCUT2D eigenvalue weighted by Gasteiger charge is -2.18. The van der Waals surface area contributed by atoms with Crippen molar-refractivity contribution in [1.29, 1.82) is 0 Å². The smallest absolute Gasteiger partial charge is 0.124 e. The third-order valence-electron chi connectivity index (χ3n) is 3.99. The molecule has 1 aromatic heterocycles. The molecule has 130 valence electrons. The summed E-state index contributed by atoms with van der Waals surface area (Å²) in [5.41, 5.74) is 11.0. The molecular formula is C20H23N3OS. The summed E-state index contributed by atoms with van der Waals surface area (Å²) in [6.45, 7) is 2.91. The predicted octanol–water partition coefficient (Wildman–Crippen LogP) is 3.78. The maximum atomic E-state index is 6.07. The van der Waals surface area contributed by atoms with Crippen LogP contribution in [0.2, 0.25) is 0 Å². The van der Waals surface area contributed by atoms with E-state index in [0.717, 1.165) is 24.4 Å². The number of nitrogens with zero attached hydrogens (tertiary/aromatic N) is 2. The van der Waals surface area contributed by atoms with Crippen molar-refractivity contribution in [3.63, 3.8) is 0 Å². The minimum absolute atomic E-state index is 0.556. The molecule has 0 amide bonds. The van der Waals surface area contributed by atoms with E-state index >= 15 is 0 Å². The second-order valence-corrected chi connectivity index (χ2v) is 6.87. The van der Waals surface area contributed by atoms with Gasteiger partial charge in [0.1, 0.15) is 12.4 Å². The number of benzene rings is 2. The van der Waals surface area contributed by atoms with Crippen molar-refractivity contribution in [3.8, 4) is 16.2 Å². The van der Waals surface area contributed by atoms with Gasteiger partial charge in [-0.2, -0.15) is 0 Å². The third kappa shape index (κ3) is 4.89. The molecule has 0 spiro atoms. The Labute approximate surface area is 152 Å². The molecule has 0 fully saturated rings. The average molecular weight is 353 g/mol. The lowest BCUT2D eigenvalue weighted by atomic mass is 10.1. The summed E-state index contributed by atoms with van der Waals surface area (Å²) in [4.78, 5) is 7.51. The summed E-state index contributed by atoms with van der Waals surface area (Å²) in [5, 5.41) is 0. The van der Waals surface area contributed by atoms with Crippen molar-refractivity contribution in [2.75, 3.05) is 20.1 Å². The molecule has 3 rings (SSSR count). The van der Waals surface area contributed by atoms with E-state index in [1.165, 1.54) is 16.0 Å². The molecule has 3 aromatic rings. The number of rotatable bonds is 8. The number of thiazole rings is 1. The van der Waals surface area contributed by atoms with E-state index in [2.05, 4.69) is 47.3 Å². The number of hydrogen-bond donors (Lipinski definition) is 1. The van der Waals surface area contributed by atoms with Crippen molar-refractivity contribution in [2.24, 2.45) is 5.73 Å². The second kappa shape index (κ2) is 8.76. The van der Waals surface area contributed by atoms with Gasteiger partial charge in [0.25, 0.3) is 0 Å². The van der Waals surface area contributed by atoms with Gasteiger partial charge in [0.2, 0.25) is 0 Å². The van der Waals surface area contributed by atoms with Gasteiger partial charge in [-0.1, -0.05) is 42.5 Å². The van der Waals surface area contributed by atoms with Gasteiger partial charge >= 0.3 is 0 Å². The van der Waals surface area contributed by atoms with Crippen LogP contribution in [-0.4, -0.2) is 30.0 Å². The second-order valence-electron chi connectivity index (χ2n) is 5.99. The van der Waals surface area contributed by atoms with Gasteiger partial charge < -0.3 is 15.4 Å². The van der Waals surface area contributed by atoms with Crippen LogP contribution in [0.3, 0.4) is 0 Å². The molecule has 0 atom stereocenters. The summed E-state index contributed by atoms with van der Waals surface area (Å²) in [5.74, 6) is 0.929. The van der Waals surface area contributed by atoms with E-state index in [-0.39, 0.29) is 0 Å². The van der Waals surface area contributed by atoms with E-state index in [4.69, 9.17) is 10.5 Å². The summed E-state index contributed by atoms with van der Waals surface area (Å²) in [6, 6.07) is 16.6.